The Morgan fingerprint density at radius 1 is 1.07 bits per heavy atom. The van der Waals surface area contributed by atoms with Crippen molar-refractivity contribution in [2.45, 2.75) is 59.1 Å². The molecule has 0 saturated heterocycles. The minimum Gasteiger partial charge on any atom is -0.478 e. The van der Waals surface area contributed by atoms with Gasteiger partial charge in [0.1, 0.15) is 0 Å². The average Bonchev–Trinajstić information content (AvgIpc) is 2.60. The van der Waals surface area contributed by atoms with E-state index in [1.807, 2.05) is 31.5 Å². The van der Waals surface area contributed by atoms with Crippen molar-refractivity contribution >= 4 is 17.7 Å². The molecule has 1 aromatic heterocycles. The van der Waals surface area contributed by atoms with Gasteiger partial charge in [-0.1, -0.05) is 32.9 Å². The Labute approximate surface area is 161 Å². The van der Waals surface area contributed by atoms with E-state index in [1.165, 1.54) is 22.4 Å². The molecule has 2 unspecified atom stereocenters. The number of hydrogen-bond acceptors (Lipinski definition) is 4. The fraction of sp³-hybridized carbons (Fsp3) is 0.391. The van der Waals surface area contributed by atoms with Gasteiger partial charge < -0.3 is 9.64 Å². The van der Waals surface area contributed by atoms with E-state index in [4.69, 9.17) is 4.74 Å². The summed E-state index contributed by atoms with van der Waals surface area (Å²) in [4.78, 5) is 11.5. The maximum Gasteiger partial charge on any atom is 0.176 e. The summed E-state index contributed by atoms with van der Waals surface area (Å²) in [5.74, 6) is 1.67. The largest absolute Gasteiger partial charge is 0.478 e. The third-order valence-electron chi connectivity index (χ3n) is 5.31. The lowest BCUT2D eigenvalue weighted by Crippen LogP contribution is -2.49. The fourth-order valence-electron chi connectivity index (χ4n) is 3.95. The van der Waals surface area contributed by atoms with E-state index < -0.39 is 0 Å². The number of aliphatic imine (C=N–C) groups is 1. The molecule has 1 aromatic carbocycles. The minimum absolute atomic E-state index is 0.0442. The summed E-state index contributed by atoms with van der Waals surface area (Å²) in [7, 11) is 0. The first-order valence-corrected chi connectivity index (χ1v) is 9.51. The molecule has 27 heavy (non-hydrogen) atoms. The van der Waals surface area contributed by atoms with Gasteiger partial charge in [-0.2, -0.15) is 0 Å². The van der Waals surface area contributed by atoms with Crippen LogP contribution >= 0.6 is 0 Å². The van der Waals surface area contributed by atoms with E-state index in [0.29, 0.717) is 0 Å². The molecule has 0 amide bonds. The van der Waals surface area contributed by atoms with E-state index >= 15 is 0 Å². The smallest absolute Gasteiger partial charge is 0.176 e. The average molecular weight is 361 g/mol. The number of hydrogen-bond donors (Lipinski definition) is 0. The maximum atomic E-state index is 6.20. The number of anilines is 2. The maximum absolute atomic E-state index is 6.20. The number of benzene rings is 1. The summed E-state index contributed by atoms with van der Waals surface area (Å²) in [6, 6.07) is 8.56. The summed E-state index contributed by atoms with van der Waals surface area (Å²) < 4.78 is 6.20. The van der Waals surface area contributed by atoms with Crippen molar-refractivity contribution < 1.29 is 4.74 Å². The number of pyridine rings is 1. The molecular formula is C23H27N3O. The number of aromatic nitrogens is 1. The Hall–Kier alpha value is -2.62. The molecule has 0 spiro atoms. The van der Waals surface area contributed by atoms with Crippen LogP contribution in [-0.4, -0.2) is 23.3 Å². The van der Waals surface area contributed by atoms with Crippen LogP contribution in [0.3, 0.4) is 0 Å². The van der Waals surface area contributed by atoms with Crippen LogP contribution in [0.2, 0.25) is 0 Å². The lowest BCUT2D eigenvalue weighted by molar-refractivity contribution is 0.236. The molecule has 0 N–H and O–H groups in total. The number of fused-ring (bicyclic) bond motifs is 2. The predicted molar refractivity (Wildman–Crippen MR) is 111 cm³/mol. The first-order valence-electron chi connectivity index (χ1n) is 9.51. The molecule has 2 aliphatic rings. The van der Waals surface area contributed by atoms with Crippen molar-refractivity contribution in [1.82, 2.24) is 4.98 Å². The van der Waals surface area contributed by atoms with Crippen LogP contribution in [0.25, 0.3) is 0 Å². The Bertz CT molecular complexity index is 929. The molecule has 0 bridgehead atoms. The molecule has 2 atom stereocenters. The number of nitrogens with zero attached hydrogens (tertiary/aromatic N) is 3. The van der Waals surface area contributed by atoms with Crippen LogP contribution in [0.5, 0.6) is 5.75 Å². The second kappa shape index (κ2) is 6.22. The number of rotatable bonds is 1. The van der Waals surface area contributed by atoms with Crippen molar-refractivity contribution in [2.24, 2.45) is 4.99 Å². The van der Waals surface area contributed by atoms with E-state index in [-0.39, 0.29) is 17.6 Å². The van der Waals surface area contributed by atoms with Gasteiger partial charge in [0.15, 0.2) is 17.7 Å². The molecule has 140 valence electrons. The van der Waals surface area contributed by atoms with Crippen molar-refractivity contribution in [3.8, 4) is 5.75 Å². The van der Waals surface area contributed by atoms with Gasteiger partial charge in [-0.15, -0.1) is 0 Å². The molecule has 0 aliphatic carbocycles. The van der Waals surface area contributed by atoms with Gasteiger partial charge in [0, 0.05) is 23.8 Å². The van der Waals surface area contributed by atoms with Gasteiger partial charge in [-0.05, 0) is 61.1 Å². The van der Waals surface area contributed by atoms with E-state index in [1.54, 1.807) is 0 Å². The van der Waals surface area contributed by atoms with E-state index in [0.717, 1.165) is 17.3 Å². The molecular weight excluding hydrogens is 334 g/mol. The first kappa shape index (κ1) is 17.8. The van der Waals surface area contributed by atoms with Crippen LogP contribution in [0.15, 0.2) is 47.2 Å². The third-order valence-corrected chi connectivity index (χ3v) is 5.31. The normalized spacial score (nSPS) is 21.3. The molecule has 4 rings (SSSR count). The molecule has 3 heterocycles. The molecule has 2 aliphatic heterocycles. The number of aryl methyl sites for hydroxylation is 2. The van der Waals surface area contributed by atoms with Gasteiger partial charge in [0.2, 0.25) is 0 Å². The first-order chi connectivity index (χ1) is 12.8. The highest BCUT2D eigenvalue weighted by Crippen LogP contribution is 2.44. The molecule has 0 radical (unpaired) electrons. The van der Waals surface area contributed by atoms with E-state index in [2.05, 4.69) is 67.7 Å². The highest BCUT2D eigenvalue weighted by molar-refractivity contribution is 5.80. The summed E-state index contributed by atoms with van der Waals surface area (Å²) in [6.07, 6.45) is 5.80. The van der Waals surface area contributed by atoms with Gasteiger partial charge in [-0.3, -0.25) is 4.99 Å². The zero-order chi connectivity index (χ0) is 19.3. The predicted octanol–water partition coefficient (Wildman–Crippen LogP) is 5.25. The van der Waals surface area contributed by atoms with Crippen molar-refractivity contribution in [1.29, 1.82) is 0 Å². The Morgan fingerprint density at radius 2 is 1.78 bits per heavy atom. The fourth-order valence-corrected chi connectivity index (χ4v) is 3.95. The number of ether oxygens (including phenoxy) is 1. The highest BCUT2D eigenvalue weighted by atomic mass is 16.5. The molecule has 4 heteroatoms. The van der Waals surface area contributed by atoms with Gasteiger partial charge in [0.05, 0.1) is 6.04 Å². The summed E-state index contributed by atoms with van der Waals surface area (Å²) in [6.45, 7) is 13.2. The lowest BCUT2D eigenvalue weighted by Gasteiger charge is -2.42. The quantitative estimate of drug-likeness (QED) is 0.696. The SMILES string of the molecule is CC1=CC2C(C=N1)Oc1cccnc1N2c1c(C)cc(C(C)(C)C)cc1C. The zero-order valence-corrected chi connectivity index (χ0v) is 16.9. The lowest BCUT2D eigenvalue weighted by atomic mass is 9.84. The van der Waals surface area contributed by atoms with Crippen LogP contribution in [-0.2, 0) is 5.41 Å². The second-order valence-electron chi connectivity index (χ2n) is 8.56. The number of allylic oxidation sites excluding steroid dienone is 1. The van der Waals surface area contributed by atoms with Crippen LogP contribution in [0.4, 0.5) is 11.5 Å². The Morgan fingerprint density at radius 3 is 2.44 bits per heavy atom. The monoisotopic (exact) mass is 361 g/mol. The standard InChI is InChI=1S/C23H27N3O/c1-14-10-17(23(4,5)6)11-15(2)21(14)26-18-12-16(3)25-13-20(18)27-19-8-7-9-24-22(19)26/h7-13,18,20H,1-6H3. The Kier molecular flexibility index (Phi) is 4.10. The van der Waals surface area contributed by atoms with Crippen LogP contribution < -0.4 is 9.64 Å². The Balaban J connectivity index is 1.92. The molecule has 0 saturated carbocycles. The van der Waals surface area contributed by atoms with E-state index in [9.17, 15) is 0 Å². The van der Waals surface area contributed by atoms with Crippen molar-refractivity contribution in [2.75, 3.05) is 4.90 Å². The summed E-state index contributed by atoms with van der Waals surface area (Å²) in [5, 5.41) is 0. The van der Waals surface area contributed by atoms with Gasteiger partial charge in [0.25, 0.3) is 0 Å². The summed E-state index contributed by atoms with van der Waals surface area (Å²) >= 11 is 0. The second-order valence-corrected chi connectivity index (χ2v) is 8.56. The van der Waals surface area contributed by atoms with Gasteiger partial charge in [-0.25, -0.2) is 4.98 Å². The molecule has 4 nitrogen and oxygen atoms in total. The van der Waals surface area contributed by atoms with Crippen LogP contribution in [0, 0.1) is 13.8 Å². The topological polar surface area (TPSA) is 37.7 Å². The van der Waals surface area contributed by atoms with Gasteiger partial charge >= 0.3 is 0 Å². The minimum atomic E-state index is -0.119. The highest BCUT2D eigenvalue weighted by Gasteiger charge is 2.38. The van der Waals surface area contributed by atoms with Crippen molar-refractivity contribution in [3.05, 3.63) is 58.9 Å². The molecule has 0 fully saturated rings. The van der Waals surface area contributed by atoms with Crippen molar-refractivity contribution in [3.63, 3.8) is 0 Å². The summed E-state index contributed by atoms with van der Waals surface area (Å²) in [5.41, 5.74) is 6.19. The van der Waals surface area contributed by atoms with Crippen LogP contribution in [0.1, 0.15) is 44.4 Å². The zero-order valence-electron chi connectivity index (χ0n) is 16.9. The molecule has 2 aromatic rings. The third kappa shape index (κ3) is 3.03.